The van der Waals surface area contributed by atoms with Gasteiger partial charge in [0, 0.05) is 18.7 Å². The number of nitrogens with zero attached hydrogens (tertiary/aromatic N) is 3. The summed E-state index contributed by atoms with van der Waals surface area (Å²) in [5, 5.41) is 16.3. The summed E-state index contributed by atoms with van der Waals surface area (Å²) in [5.74, 6) is -5.32. The van der Waals surface area contributed by atoms with Crippen LogP contribution in [0.1, 0.15) is 69.5 Å². The second-order valence-corrected chi connectivity index (χ2v) is 10.3. The normalized spacial score (nSPS) is 12.9. The summed E-state index contributed by atoms with van der Waals surface area (Å²) in [6.07, 6.45) is -1.03. The minimum absolute atomic E-state index is 0.0839. The molecule has 12 nitrogen and oxygen atoms in total. The number of carbonyl (C=O) groups is 5. The lowest BCUT2D eigenvalue weighted by molar-refractivity contribution is -0.192. The van der Waals surface area contributed by atoms with Gasteiger partial charge in [0.15, 0.2) is 5.96 Å². The number of anilines is 1. The Bertz CT molecular complexity index is 1460. The molecule has 244 valence electrons. The van der Waals surface area contributed by atoms with E-state index in [1.165, 1.54) is 4.90 Å². The van der Waals surface area contributed by atoms with Crippen LogP contribution in [0.3, 0.4) is 0 Å². The van der Waals surface area contributed by atoms with Gasteiger partial charge in [-0.1, -0.05) is 36.6 Å². The van der Waals surface area contributed by atoms with E-state index in [9.17, 15) is 32.3 Å². The minimum Gasteiger partial charge on any atom is -0.481 e. The molecule has 0 bridgehead atoms. The number of halogens is 3. The minimum atomic E-state index is -5.08. The third-order valence-corrected chi connectivity index (χ3v) is 6.72. The fraction of sp³-hybridized carbons (Fsp3) is 0.400. The number of alkyl halides is 3. The molecule has 2 aromatic carbocycles. The van der Waals surface area contributed by atoms with Crippen molar-refractivity contribution in [3.8, 4) is 0 Å². The number of imide groups is 1. The molecule has 0 unspecified atom stereocenters. The van der Waals surface area contributed by atoms with Crippen LogP contribution < -0.4 is 16.4 Å². The highest BCUT2D eigenvalue weighted by Gasteiger charge is 2.38. The van der Waals surface area contributed by atoms with E-state index in [0.29, 0.717) is 18.5 Å². The standard InChI is InChI=1S/C28H35N5O5.C2HF3O2/c1-18-8-10-21(19(2)15-18)27(38)33-23-11-9-20(7-5-3-4-6-13-31-28(29)30)16-22(23)26(37)32(17-24(33)34)14-12-25(35)36;3-2(4,5)1(6)7/h8-11,15-16H,3-7,12-14,17H2,1-2H3,(H,35,36)(H4,29,30,31);(H,6,7). The van der Waals surface area contributed by atoms with Gasteiger partial charge in [0.05, 0.1) is 17.7 Å². The van der Waals surface area contributed by atoms with Gasteiger partial charge in [-0.05, 0) is 62.4 Å². The number of carbonyl (C=O) groups excluding carboxylic acids is 3. The van der Waals surface area contributed by atoms with Gasteiger partial charge in [0.25, 0.3) is 17.7 Å². The smallest absolute Gasteiger partial charge is 0.481 e. The summed E-state index contributed by atoms with van der Waals surface area (Å²) in [5.41, 5.74) is 14.1. The van der Waals surface area contributed by atoms with E-state index in [1.54, 1.807) is 31.2 Å². The maximum atomic E-state index is 13.6. The lowest BCUT2D eigenvalue weighted by Crippen LogP contribution is -2.43. The van der Waals surface area contributed by atoms with E-state index in [-0.39, 0.29) is 36.7 Å². The molecule has 0 atom stereocenters. The van der Waals surface area contributed by atoms with Crippen LogP contribution in [0.25, 0.3) is 0 Å². The van der Waals surface area contributed by atoms with Crippen LogP contribution in [0.2, 0.25) is 0 Å². The number of amides is 3. The molecule has 3 amide bonds. The molecule has 15 heteroatoms. The summed E-state index contributed by atoms with van der Waals surface area (Å²) in [6.45, 7) is 3.78. The van der Waals surface area contributed by atoms with Crippen LogP contribution in [-0.2, 0) is 20.8 Å². The van der Waals surface area contributed by atoms with Crippen LogP contribution in [0.4, 0.5) is 18.9 Å². The monoisotopic (exact) mass is 635 g/mol. The fourth-order valence-corrected chi connectivity index (χ4v) is 4.53. The molecule has 0 fully saturated rings. The van der Waals surface area contributed by atoms with Crippen molar-refractivity contribution < 1.29 is 47.4 Å². The van der Waals surface area contributed by atoms with E-state index in [0.717, 1.165) is 47.3 Å². The first-order chi connectivity index (χ1) is 21.0. The Hall–Kier alpha value is -4.95. The molecule has 0 saturated carbocycles. The number of benzene rings is 2. The zero-order valence-corrected chi connectivity index (χ0v) is 24.9. The third kappa shape index (κ3) is 10.9. The molecule has 0 aliphatic carbocycles. The first-order valence-electron chi connectivity index (χ1n) is 14.0. The van der Waals surface area contributed by atoms with Gasteiger partial charge in [0.1, 0.15) is 6.54 Å². The molecule has 1 aliphatic rings. The largest absolute Gasteiger partial charge is 0.490 e. The highest BCUT2D eigenvalue weighted by molar-refractivity contribution is 6.25. The Morgan fingerprint density at radius 1 is 0.956 bits per heavy atom. The molecule has 6 N–H and O–H groups in total. The predicted molar refractivity (Wildman–Crippen MR) is 159 cm³/mol. The number of aliphatic imine (C=N–C) groups is 1. The first kappa shape index (κ1) is 36.2. The lowest BCUT2D eigenvalue weighted by atomic mass is 10.0. The Kier molecular flexibility index (Phi) is 13.1. The van der Waals surface area contributed by atoms with Crippen molar-refractivity contribution >= 4 is 41.3 Å². The summed E-state index contributed by atoms with van der Waals surface area (Å²) in [6, 6.07) is 10.5. The van der Waals surface area contributed by atoms with Crippen molar-refractivity contribution in [2.75, 3.05) is 24.5 Å². The molecule has 0 spiro atoms. The summed E-state index contributed by atoms with van der Waals surface area (Å²) in [7, 11) is 0. The number of aliphatic carboxylic acids is 2. The number of fused-ring (bicyclic) bond motifs is 1. The number of aryl methyl sites for hydroxylation is 3. The molecular formula is C30H36F3N5O7. The Balaban J connectivity index is 0.000000900. The van der Waals surface area contributed by atoms with Gasteiger partial charge in [0.2, 0.25) is 0 Å². The number of hydrogen-bond donors (Lipinski definition) is 4. The number of guanidine groups is 1. The first-order valence-corrected chi connectivity index (χ1v) is 14.0. The summed E-state index contributed by atoms with van der Waals surface area (Å²) >= 11 is 0. The average Bonchev–Trinajstić information content (AvgIpc) is 3.04. The van der Waals surface area contributed by atoms with Crippen LogP contribution in [-0.4, -0.2) is 76.5 Å². The number of nitrogens with two attached hydrogens (primary N) is 2. The van der Waals surface area contributed by atoms with Crippen molar-refractivity contribution in [3.63, 3.8) is 0 Å². The average molecular weight is 636 g/mol. The van der Waals surface area contributed by atoms with E-state index in [1.807, 2.05) is 19.1 Å². The second kappa shape index (κ2) is 16.2. The van der Waals surface area contributed by atoms with Gasteiger partial charge >= 0.3 is 18.1 Å². The number of carboxylic acids is 2. The van der Waals surface area contributed by atoms with Gasteiger partial charge < -0.3 is 26.6 Å². The van der Waals surface area contributed by atoms with Crippen molar-refractivity contribution in [2.45, 2.75) is 58.5 Å². The van der Waals surface area contributed by atoms with Crippen LogP contribution in [0.5, 0.6) is 0 Å². The maximum absolute atomic E-state index is 13.6. The van der Waals surface area contributed by atoms with Gasteiger partial charge in [-0.15, -0.1) is 0 Å². The zero-order chi connectivity index (χ0) is 33.9. The van der Waals surface area contributed by atoms with Crippen molar-refractivity contribution in [3.05, 3.63) is 64.2 Å². The number of rotatable bonds is 11. The van der Waals surface area contributed by atoms with E-state index >= 15 is 0 Å². The zero-order valence-electron chi connectivity index (χ0n) is 24.9. The number of carboxylic acid groups (broad SMARTS) is 2. The van der Waals surface area contributed by atoms with Crippen LogP contribution >= 0.6 is 0 Å². The quantitative estimate of drug-likeness (QED) is 0.124. The van der Waals surface area contributed by atoms with E-state index < -0.39 is 35.8 Å². The van der Waals surface area contributed by atoms with Gasteiger partial charge in [-0.3, -0.25) is 24.2 Å². The SMILES string of the molecule is Cc1ccc(C(=O)N2C(=O)CN(CCC(=O)O)C(=O)c3cc(CCCCCCN=C(N)N)ccc32)c(C)c1.O=C(O)C(F)(F)F. The molecular weight excluding hydrogens is 599 g/mol. The Morgan fingerprint density at radius 2 is 1.60 bits per heavy atom. The molecule has 1 aliphatic heterocycles. The molecule has 0 radical (unpaired) electrons. The van der Waals surface area contributed by atoms with Crippen molar-refractivity contribution in [1.82, 2.24) is 4.90 Å². The topological polar surface area (TPSA) is 197 Å². The molecule has 3 rings (SSSR count). The van der Waals surface area contributed by atoms with Gasteiger partial charge in [-0.2, -0.15) is 13.2 Å². The summed E-state index contributed by atoms with van der Waals surface area (Å²) < 4.78 is 31.7. The predicted octanol–water partition coefficient (Wildman–Crippen LogP) is 3.42. The third-order valence-electron chi connectivity index (χ3n) is 6.72. The molecule has 1 heterocycles. The molecule has 45 heavy (non-hydrogen) atoms. The Labute approximate surface area is 257 Å². The lowest BCUT2D eigenvalue weighted by Gasteiger charge is -2.22. The molecule has 0 saturated heterocycles. The number of unbranched alkanes of at least 4 members (excludes halogenated alkanes) is 3. The second-order valence-electron chi connectivity index (χ2n) is 10.3. The molecule has 0 aromatic heterocycles. The highest BCUT2D eigenvalue weighted by Crippen LogP contribution is 2.30. The highest BCUT2D eigenvalue weighted by atomic mass is 19.4. The maximum Gasteiger partial charge on any atom is 0.490 e. The van der Waals surface area contributed by atoms with E-state index in [2.05, 4.69) is 4.99 Å². The Morgan fingerprint density at radius 3 is 2.18 bits per heavy atom. The van der Waals surface area contributed by atoms with E-state index in [4.69, 9.17) is 26.5 Å². The number of hydrogen-bond acceptors (Lipinski definition) is 6. The van der Waals surface area contributed by atoms with Crippen LogP contribution in [0, 0.1) is 13.8 Å². The summed E-state index contributed by atoms with van der Waals surface area (Å²) in [4.78, 5) is 66.7. The van der Waals surface area contributed by atoms with Crippen molar-refractivity contribution in [1.29, 1.82) is 0 Å². The van der Waals surface area contributed by atoms with Crippen molar-refractivity contribution in [2.24, 2.45) is 16.5 Å². The molecule has 2 aromatic rings. The van der Waals surface area contributed by atoms with Gasteiger partial charge in [-0.25, -0.2) is 9.69 Å². The fourth-order valence-electron chi connectivity index (χ4n) is 4.53. The van der Waals surface area contributed by atoms with Crippen LogP contribution in [0.15, 0.2) is 41.4 Å².